The molecule has 115 heavy (non-hydrogen) atoms. The molecule has 0 radical (unpaired) electrons. The Hall–Kier alpha value is -3.22. The maximum atomic E-state index is 13.9. The molecule has 5 rings (SSSR count). The molecule has 5 fully saturated rings. The summed E-state index contributed by atoms with van der Waals surface area (Å²) in [5.41, 5.74) is 0. The van der Waals surface area contributed by atoms with Gasteiger partial charge in [0.1, 0.15) is 110 Å². The van der Waals surface area contributed by atoms with Crippen molar-refractivity contribution in [2.75, 3.05) is 39.6 Å². The number of hydrogen-bond acceptors (Lipinski definition) is 30. The van der Waals surface area contributed by atoms with Crippen LogP contribution in [0.4, 0.5) is 0 Å². The number of aliphatic hydroxyl groups excluding tert-OH is 16. The van der Waals surface area contributed by atoms with Crippen molar-refractivity contribution in [1.82, 2.24) is 10.6 Å². The average molecular weight is 1660 g/mol. The summed E-state index contributed by atoms with van der Waals surface area (Å²) in [7, 11) is 0. The van der Waals surface area contributed by atoms with Gasteiger partial charge in [0.15, 0.2) is 25.2 Å². The number of carboxylic acid groups (broad SMARTS) is 1. The first-order chi connectivity index (χ1) is 55.3. The molecule has 0 aromatic heterocycles. The summed E-state index contributed by atoms with van der Waals surface area (Å²) in [6.07, 6.45) is -6.05. The number of carbonyl (C=O) groups is 4. The first kappa shape index (κ1) is 102. The summed E-state index contributed by atoms with van der Waals surface area (Å²) in [5.74, 6) is -9.03. The van der Waals surface area contributed by atoms with Gasteiger partial charge in [-0.05, 0) is 45.4 Å². The van der Waals surface area contributed by atoms with Crippen LogP contribution >= 0.6 is 0 Å². The van der Waals surface area contributed by atoms with Crippen LogP contribution in [-0.2, 0) is 66.5 Å². The van der Waals surface area contributed by atoms with E-state index >= 15 is 0 Å². The van der Waals surface area contributed by atoms with Crippen molar-refractivity contribution in [2.45, 2.75) is 437 Å². The number of ketones is 1. The van der Waals surface area contributed by atoms with E-state index < -0.39 is 241 Å². The van der Waals surface area contributed by atoms with Gasteiger partial charge in [-0.15, -0.1) is 0 Å². The molecule has 33 heteroatoms. The Morgan fingerprint density at radius 2 is 0.904 bits per heavy atom. The number of rotatable bonds is 61. The largest absolute Gasteiger partial charge is 0.477 e. The van der Waals surface area contributed by atoms with E-state index in [1.165, 1.54) is 141 Å². The molecule has 0 bridgehead atoms. The van der Waals surface area contributed by atoms with E-state index in [1.807, 2.05) is 0 Å². The van der Waals surface area contributed by atoms with E-state index in [9.17, 15) is 106 Å². The number of Topliss-reactive ketones (excluding diaryl/α,β-unsaturated/α-hetero) is 1. The normalized spacial score (nSPS) is 33.1. The lowest BCUT2D eigenvalue weighted by Gasteiger charge is -2.52. The summed E-state index contributed by atoms with van der Waals surface area (Å²) in [5, 5.41) is 195. The standard InChI is InChI=1S/C82H148N2O31/c1-5-7-9-11-13-15-17-19-20-21-22-23-24-25-26-27-28-30-32-34-36-38-40-42-62(95)84-54(55(92)41-39-37-35-33-31-29-18-16-14-12-10-8-6-2)50-106-78-70(102)68(100)73(60(48-88)109-78)112-80-71(103)76(115-82(81(104)105)44-56(93)63(83-52(4)91)75(114-82)64(96)57(94)45-85)74(61(49-89)110-80)113-77-53(43-51(3)90)72(66(98)59(47-87)107-77)111-79-69(101)67(99)65(97)58(46-86)108-79/h19-20,53-61,63-80,85-89,92-94,96-103H,5-18,21-50H2,1-4H3,(H,83,91)(H,84,95)(H,104,105)/t53-,54+,55-,56+,57-,58-,59-,60-,61-,63-,64-,65+,66+,67+,68-,69-,70-,71-,72-,73-,74+,75?,76-,77+,78-,79+,80+,82+/m1/s1. The molecule has 672 valence electrons. The molecule has 5 aliphatic rings. The Balaban J connectivity index is 1.31. The lowest BCUT2D eigenvalue weighted by Crippen LogP contribution is -2.71. The van der Waals surface area contributed by atoms with Crippen LogP contribution in [0.5, 0.6) is 0 Å². The van der Waals surface area contributed by atoms with Gasteiger partial charge in [-0.1, -0.05) is 212 Å². The van der Waals surface area contributed by atoms with E-state index in [0.29, 0.717) is 12.8 Å². The predicted molar refractivity (Wildman–Crippen MR) is 416 cm³/mol. The smallest absolute Gasteiger partial charge is 0.364 e. The van der Waals surface area contributed by atoms with Crippen molar-refractivity contribution >= 4 is 23.6 Å². The van der Waals surface area contributed by atoms with E-state index in [1.54, 1.807) is 0 Å². The van der Waals surface area contributed by atoms with Crippen LogP contribution < -0.4 is 10.6 Å². The molecule has 19 N–H and O–H groups in total. The van der Waals surface area contributed by atoms with Gasteiger partial charge >= 0.3 is 5.97 Å². The maximum Gasteiger partial charge on any atom is 0.364 e. The zero-order valence-electron chi connectivity index (χ0n) is 68.7. The first-order valence-electron chi connectivity index (χ1n) is 43.3. The lowest BCUT2D eigenvalue weighted by atomic mass is 9.86. The summed E-state index contributed by atoms with van der Waals surface area (Å²) in [4.78, 5) is 53.3. The van der Waals surface area contributed by atoms with Crippen LogP contribution in [0.1, 0.15) is 272 Å². The molecule has 5 heterocycles. The Labute approximate surface area is 679 Å². The van der Waals surface area contributed by atoms with Crippen LogP contribution in [0.3, 0.4) is 0 Å². The summed E-state index contributed by atoms with van der Waals surface area (Å²) in [6.45, 7) is 0.627. The molecule has 33 nitrogen and oxygen atoms in total. The lowest BCUT2D eigenvalue weighted by molar-refractivity contribution is -0.406. The predicted octanol–water partition coefficient (Wildman–Crippen LogP) is 3.17. The number of nitrogens with one attached hydrogen (secondary N) is 2. The quantitative estimate of drug-likeness (QED) is 0.0307. The summed E-state index contributed by atoms with van der Waals surface area (Å²) in [6, 6.07) is -2.81. The summed E-state index contributed by atoms with van der Waals surface area (Å²) >= 11 is 0. The highest BCUT2D eigenvalue weighted by molar-refractivity contribution is 5.77. The van der Waals surface area contributed by atoms with Crippen LogP contribution in [-0.4, -0.2) is 315 Å². The molecule has 5 aliphatic heterocycles. The highest BCUT2D eigenvalue weighted by Gasteiger charge is 2.62. The highest BCUT2D eigenvalue weighted by Crippen LogP contribution is 2.43. The topological polar surface area (TPSA) is 529 Å². The van der Waals surface area contributed by atoms with E-state index in [-0.39, 0.29) is 18.7 Å². The number of carboxylic acids is 1. The van der Waals surface area contributed by atoms with E-state index in [4.69, 9.17) is 47.4 Å². The number of ether oxygens (including phenoxy) is 10. The highest BCUT2D eigenvalue weighted by atomic mass is 16.8. The fourth-order valence-electron chi connectivity index (χ4n) is 16.0. The van der Waals surface area contributed by atoms with Crippen molar-refractivity contribution in [3.05, 3.63) is 12.2 Å². The van der Waals surface area contributed by atoms with Gasteiger partial charge in [0.25, 0.3) is 5.79 Å². The number of unbranched alkanes of at least 4 members (excludes halogenated alkanes) is 31. The van der Waals surface area contributed by atoms with Crippen molar-refractivity contribution in [3.63, 3.8) is 0 Å². The second-order valence-electron chi connectivity index (χ2n) is 32.4. The number of amides is 2. The molecule has 1 unspecified atom stereocenters. The minimum absolute atomic E-state index is 0.159. The zero-order valence-corrected chi connectivity index (χ0v) is 68.7. The number of aliphatic hydroxyl groups is 16. The molecule has 0 aliphatic carbocycles. The molecule has 5 saturated heterocycles. The first-order valence-corrected chi connectivity index (χ1v) is 43.3. The molecule has 0 spiro atoms. The van der Waals surface area contributed by atoms with Crippen LogP contribution in [0.2, 0.25) is 0 Å². The van der Waals surface area contributed by atoms with Gasteiger partial charge in [-0.25, -0.2) is 4.79 Å². The fraction of sp³-hybridized carbons (Fsp3) is 0.927. The Kier molecular flexibility index (Phi) is 50.2. The van der Waals surface area contributed by atoms with E-state index in [2.05, 4.69) is 36.6 Å². The van der Waals surface area contributed by atoms with Crippen molar-refractivity contribution < 1.29 is 153 Å². The fourth-order valence-corrected chi connectivity index (χ4v) is 16.0. The third kappa shape index (κ3) is 33.9. The van der Waals surface area contributed by atoms with Gasteiger partial charge in [0.2, 0.25) is 11.8 Å². The SMILES string of the molecule is CCCCCCCCC=CCCCCCCCCCCCCCCCC(=O)N[C@@H](CO[C@@H]1O[C@H](CO)[C@@H](O[C@@H]2O[C@H](CO)[C@H](O[C@@H]3O[C@H](CO)[C@H](O)[C@H](O[C@@H]4O[C@H](CO)[C@H](O)[C@H](O)[C@H]4O)[C@H]3CC(C)=O)[C@H](O[C@]3(C(=O)O)C[C@H](O)[C@@H](NC(C)=O)C([C@H](O)[C@H](O)CO)O3)[C@H]2O)[C@H](O)[C@H]1O)[C@H](O)CCCCCCCCCCCCCCC. The second kappa shape index (κ2) is 56.5. The number of allylic oxidation sites excluding steroid dienone is 2. The summed E-state index contributed by atoms with van der Waals surface area (Å²) < 4.78 is 60.6. The van der Waals surface area contributed by atoms with Crippen LogP contribution in [0, 0.1) is 5.92 Å². The van der Waals surface area contributed by atoms with Crippen LogP contribution in [0.25, 0.3) is 0 Å². The molecule has 0 aromatic carbocycles. The average Bonchev–Trinajstić information content (AvgIpc) is 0.741. The van der Waals surface area contributed by atoms with Crippen molar-refractivity contribution in [3.8, 4) is 0 Å². The second-order valence-corrected chi connectivity index (χ2v) is 32.4. The number of hydrogen-bond donors (Lipinski definition) is 19. The van der Waals surface area contributed by atoms with Crippen molar-refractivity contribution in [2.24, 2.45) is 5.92 Å². The van der Waals surface area contributed by atoms with Gasteiger partial charge in [-0.3, -0.25) is 9.59 Å². The molecule has 2 amide bonds. The molecule has 0 aromatic rings. The zero-order chi connectivity index (χ0) is 84.4. The number of carbonyl (C=O) groups excluding carboxylic acids is 3. The minimum atomic E-state index is -3.36. The minimum Gasteiger partial charge on any atom is -0.477 e. The molecular weight excluding hydrogens is 1510 g/mol. The molecule has 28 atom stereocenters. The van der Waals surface area contributed by atoms with Crippen molar-refractivity contribution in [1.29, 1.82) is 0 Å². The van der Waals surface area contributed by atoms with Gasteiger partial charge < -0.3 is 150 Å². The Morgan fingerprint density at radius 1 is 0.470 bits per heavy atom. The molecular formula is C82H148N2O31. The Bertz CT molecular complexity index is 2640. The van der Waals surface area contributed by atoms with Gasteiger partial charge in [0, 0.05) is 32.1 Å². The van der Waals surface area contributed by atoms with Gasteiger partial charge in [-0.2, -0.15) is 0 Å². The van der Waals surface area contributed by atoms with E-state index in [0.717, 1.165) is 78.1 Å². The maximum absolute atomic E-state index is 13.9. The number of aliphatic carboxylic acids is 1. The third-order valence-electron chi connectivity index (χ3n) is 22.9. The van der Waals surface area contributed by atoms with Crippen LogP contribution in [0.15, 0.2) is 12.2 Å². The monoisotopic (exact) mass is 1660 g/mol. The third-order valence-corrected chi connectivity index (χ3v) is 22.9. The Morgan fingerprint density at radius 3 is 1.40 bits per heavy atom. The van der Waals surface area contributed by atoms with Gasteiger partial charge in [0.05, 0.1) is 70.0 Å². The molecule has 0 saturated carbocycles.